The highest BCUT2D eigenvalue weighted by Gasteiger charge is 2.27. The fraction of sp³-hybridized carbons (Fsp3) is 0.440. The van der Waals surface area contributed by atoms with Gasteiger partial charge >= 0.3 is 0 Å². The Hall–Kier alpha value is -3.22. The molecule has 0 unspecified atom stereocenters. The number of aryl methyl sites for hydroxylation is 1. The van der Waals surface area contributed by atoms with E-state index in [1.165, 1.54) is 5.69 Å². The molecule has 1 N–H and O–H groups in total. The van der Waals surface area contributed by atoms with E-state index >= 15 is 0 Å². The van der Waals surface area contributed by atoms with Crippen LogP contribution >= 0.6 is 0 Å². The van der Waals surface area contributed by atoms with Crippen LogP contribution in [0.4, 0.5) is 5.95 Å². The summed E-state index contributed by atoms with van der Waals surface area (Å²) in [6, 6.07) is 14.2. The van der Waals surface area contributed by atoms with Crippen molar-refractivity contribution in [3.63, 3.8) is 0 Å². The maximum absolute atomic E-state index is 12.8. The molecule has 1 aromatic carbocycles. The molecular weight excluding hydrogens is 400 g/mol. The van der Waals surface area contributed by atoms with Crippen molar-refractivity contribution in [3.8, 4) is 11.3 Å². The van der Waals surface area contributed by atoms with Crippen molar-refractivity contribution >= 4 is 11.9 Å². The fourth-order valence-corrected chi connectivity index (χ4v) is 4.29. The quantitative estimate of drug-likeness (QED) is 0.518. The second kappa shape index (κ2) is 10.9. The van der Waals surface area contributed by atoms with E-state index in [2.05, 4.69) is 43.3 Å². The van der Waals surface area contributed by atoms with Crippen molar-refractivity contribution in [2.75, 3.05) is 31.6 Å². The predicted molar refractivity (Wildman–Crippen MR) is 126 cm³/mol. The molecule has 1 aliphatic rings. The van der Waals surface area contributed by atoms with Gasteiger partial charge in [-0.05, 0) is 44.2 Å². The summed E-state index contributed by atoms with van der Waals surface area (Å²) in [5, 5.41) is 7.58. The number of aromatic amines is 1. The lowest BCUT2D eigenvalue weighted by atomic mass is 9.95. The highest BCUT2D eigenvalue weighted by atomic mass is 16.2. The minimum atomic E-state index is 0.112. The van der Waals surface area contributed by atoms with E-state index in [0.29, 0.717) is 0 Å². The molecule has 2 aromatic heterocycles. The summed E-state index contributed by atoms with van der Waals surface area (Å²) in [4.78, 5) is 25.6. The summed E-state index contributed by atoms with van der Waals surface area (Å²) in [5.74, 6) is 1.15. The predicted octanol–water partition coefficient (Wildman–Crippen LogP) is 3.95. The first-order valence-corrected chi connectivity index (χ1v) is 11.6. The molecule has 1 aliphatic heterocycles. The zero-order chi connectivity index (χ0) is 22.2. The van der Waals surface area contributed by atoms with Gasteiger partial charge in [0.2, 0.25) is 11.9 Å². The summed E-state index contributed by atoms with van der Waals surface area (Å²) in [6.45, 7) is 2.49. The second-order valence-electron chi connectivity index (χ2n) is 8.53. The SMILES string of the molecule is CN(CCCCCc1cc(-c2ccccc2)n[nH]1)C(=O)C1CCN(c2ncccn2)CC1. The molecule has 1 saturated heterocycles. The lowest BCUT2D eigenvalue weighted by Gasteiger charge is -2.33. The van der Waals surface area contributed by atoms with Crippen LogP contribution in [0.15, 0.2) is 54.9 Å². The van der Waals surface area contributed by atoms with Gasteiger partial charge in [-0.15, -0.1) is 0 Å². The number of carbonyl (C=O) groups excluding carboxylic acids is 1. The Labute approximate surface area is 189 Å². The van der Waals surface area contributed by atoms with Gasteiger partial charge in [0.05, 0.1) is 5.69 Å². The lowest BCUT2D eigenvalue weighted by molar-refractivity contribution is -0.134. The standard InChI is InChI=1S/C25H32N6O/c1-30(24(32)21-12-17-31(18-13-21)25-26-14-8-15-27-25)16-7-3-6-11-22-19-23(29-28-22)20-9-4-2-5-10-20/h2,4-5,8-10,14-15,19,21H,3,6-7,11-13,16-18H2,1H3,(H,28,29). The maximum Gasteiger partial charge on any atom is 0.225 e. The van der Waals surface area contributed by atoms with Crippen molar-refractivity contribution in [2.45, 2.75) is 38.5 Å². The molecule has 4 rings (SSSR count). The zero-order valence-corrected chi connectivity index (χ0v) is 18.8. The number of amides is 1. The van der Waals surface area contributed by atoms with Gasteiger partial charge in [-0.1, -0.05) is 36.8 Å². The topological polar surface area (TPSA) is 78.0 Å². The van der Waals surface area contributed by atoms with E-state index in [0.717, 1.165) is 75.4 Å². The minimum absolute atomic E-state index is 0.112. The van der Waals surface area contributed by atoms with Gasteiger partial charge in [-0.2, -0.15) is 5.10 Å². The molecule has 7 heteroatoms. The van der Waals surface area contributed by atoms with E-state index in [4.69, 9.17) is 0 Å². The maximum atomic E-state index is 12.8. The van der Waals surface area contributed by atoms with Crippen molar-refractivity contribution in [1.82, 2.24) is 25.1 Å². The average Bonchev–Trinajstić information content (AvgIpc) is 3.33. The summed E-state index contributed by atoms with van der Waals surface area (Å²) in [6.07, 6.45) is 9.46. The third-order valence-electron chi connectivity index (χ3n) is 6.20. The molecule has 0 spiro atoms. The largest absolute Gasteiger partial charge is 0.346 e. The molecule has 0 aliphatic carbocycles. The Morgan fingerprint density at radius 3 is 2.56 bits per heavy atom. The molecule has 3 heterocycles. The number of nitrogens with one attached hydrogen (secondary N) is 1. The van der Waals surface area contributed by atoms with E-state index in [1.807, 2.05) is 36.2 Å². The molecule has 0 radical (unpaired) electrons. The number of piperidine rings is 1. The number of anilines is 1. The lowest BCUT2D eigenvalue weighted by Crippen LogP contribution is -2.42. The van der Waals surface area contributed by atoms with E-state index in [-0.39, 0.29) is 11.8 Å². The van der Waals surface area contributed by atoms with Crippen LogP contribution in [0.1, 0.15) is 37.8 Å². The van der Waals surface area contributed by atoms with Gasteiger partial charge < -0.3 is 9.80 Å². The third-order valence-corrected chi connectivity index (χ3v) is 6.20. The van der Waals surface area contributed by atoms with Crippen LogP contribution < -0.4 is 4.90 Å². The number of unbranched alkanes of at least 4 members (excludes halogenated alkanes) is 2. The number of benzene rings is 1. The molecule has 168 valence electrons. The second-order valence-corrected chi connectivity index (χ2v) is 8.53. The van der Waals surface area contributed by atoms with Crippen molar-refractivity contribution < 1.29 is 4.79 Å². The summed E-state index contributed by atoms with van der Waals surface area (Å²) in [7, 11) is 1.94. The zero-order valence-electron chi connectivity index (χ0n) is 18.8. The number of aromatic nitrogens is 4. The van der Waals surface area contributed by atoms with Crippen LogP contribution in [0.5, 0.6) is 0 Å². The van der Waals surface area contributed by atoms with Crippen LogP contribution in [0.25, 0.3) is 11.3 Å². The van der Waals surface area contributed by atoms with E-state index in [9.17, 15) is 4.79 Å². The number of nitrogens with zero attached hydrogens (tertiary/aromatic N) is 5. The van der Waals surface area contributed by atoms with Crippen LogP contribution in [0.3, 0.4) is 0 Å². The number of hydrogen-bond acceptors (Lipinski definition) is 5. The molecule has 1 amide bonds. The van der Waals surface area contributed by atoms with Gasteiger partial charge in [0.1, 0.15) is 0 Å². The van der Waals surface area contributed by atoms with Crippen LogP contribution in [0, 0.1) is 5.92 Å². The van der Waals surface area contributed by atoms with Gasteiger partial charge in [-0.25, -0.2) is 9.97 Å². The molecule has 0 saturated carbocycles. The number of hydrogen-bond donors (Lipinski definition) is 1. The van der Waals surface area contributed by atoms with Crippen LogP contribution in [-0.2, 0) is 11.2 Å². The van der Waals surface area contributed by atoms with Gasteiger partial charge in [0.25, 0.3) is 0 Å². The number of carbonyl (C=O) groups is 1. The molecule has 3 aromatic rings. The average molecular weight is 433 g/mol. The Kier molecular flexibility index (Phi) is 7.48. The minimum Gasteiger partial charge on any atom is -0.346 e. The Bertz CT molecular complexity index is 966. The van der Waals surface area contributed by atoms with Gasteiger partial charge in [0.15, 0.2) is 0 Å². The Morgan fingerprint density at radius 2 is 1.81 bits per heavy atom. The summed E-state index contributed by atoms with van der Waals surface area (Å²) >= 11 is 0. The monoisotopic (exact) mass is 432 g/mol. The third kappa shape index (κ3) is 5.72. The van der Waals surface area contributed by atoms with Crippen molar-refractivity contribution in [2.24, 2.45) is 5.92 Å². The molecular formula is C25H32N6O. The molecule has 0 atom stereocenters. The summed E-state index contributed by atoms with van der Waals surface area (Å²) < 4.78 is 0. The fourth-order valence-electron chi connectivity index (χ4n) is 4.29. The van der Waals surface area contributed by atoms with E-state index < -0.39 is 0 Å². The first kappa shape index (κ1) is 22.0. The first-order valence-electron chi connectivity index (χ1n) is 11.6. The highest BCUT2D eigenvalue weighted by molar-refractivity contribution is 5.78. The van der Waals surface area contributed by atoms with E-state index in [1.54, 1.807) is 12.4 Å². The number of rotatable bonds is 9. The molecule has 32 heavy (non-hydrogen) atoms. The van der Waals surface area contributed by atoms with Crippen molar-refractivity contribution in [1.29, 1.82) is 0 Å². The smallest absolute Gasteiger partial charge is 0.225 e. The van der Waals surface area contributed by atoms with Crippen LogP contribution in [-0.4, -0.2) is 57.7 Å². The molecule has 7 nitrogen and oxygen atoms in total. The Balaban J connectivity index is 1.13. The van der Waals surface area contributed by atoms with Crippen LogP contribution in [0.2, 0.25) is 0 Å². The van der Waals surface area contributed by atoms with Gasteiger partial charge in [-0.3, -0.25) is 9.89 Å². The first-order chi connectivity index (χ1) is 15.7. The van der Waals surface area contributed by atoms with Crippen molar-refractivity contribution in [3.05, 3.63) is 60.6 Å². The summed E-state index contributed by atoms with van der Waals surface area (Å²) in [5.41, 5.74) is 3.30. The highest BCUT2D eigenvalue weighted by Crippen LogP contribution is 2.22. The molecule has 1 fully saturated rings. The Morgan fingerprint density at radius 1 is 1.06 bits per heavy atom. The van der Waals surface area contributed by atoms with Gasteiger partial charge in [0, 0.05) is 56.3 Å². The normalized spacial score (nSPS) is 14.5. The number of H-pyrrole nitrogens is 1. The molecule has 0 bridgehead atoms.